The molecule has 0 bridgehead atoms. The minimum Gasteiger partial charge on any atom is -0.469 e. The lowest BCUT2D eigenvalue weighted by Crippen LogP contribution is -2.31. The average Bonchev–Trinajstić information content (AvgIpc) is 2.44. The SMILES string of the molecule is COC(=O)CCN(C)CC(=O)Nc1ccc(C#N)c(Cl)c1. The summed E-state index contributed by atoms with van der Waals surface area (Å²) in [7, 11) is 3.05. The summed E-state index contributed by atoms with van der Waals surface area (Å²) in [5.41, 5.74) is 0.871. The minimum atomic E-state index is -0.318. The Balaban J connectivity index is 2.48. The van der Waals surface area contributed by atoms with Gasteiger partial charge in [0.2, 0.25) is 5.91 Å². The van der Waals surface area contributed by atoms with Crippen molar-refractivity contribution in [2.75, 3.05) is 32.6 Å². The first kappa shape index (κ1) is 17.0. The molecule has 0 aliphatic heterocycles. The van der Waals surface area contributed by atoms with Crippen molar-refractivity contribution < 1.29 is 14.3 Å². The van der Waals surface area contributed by atoms with Crippen LogP contribution in [0.25, 0.3) is 0 Å². The maximum absolute atomic E-state index is 11.8. The lowest BCUT2D eigenvalue weighted by Gasteiger charge is -2.15. The number of ether oxygens (including phenoxy) is 1. The highest BCUT2D eigenvalue weighted by Crippen LogP contribution is 2.20. The van der Waals surface area contributed by atoms with E-state index in [0.29, 0.717) is 17.8 Å². The number of likely N-dealkylation sites (N-methyl/N-ethyl adjacent to an activating group) is 1. The maximum atomic E-state index is 11.8. The second-order valence-corrected chi connectivity index (χ2v) is 4.83. The molecule has 0 atom stereocenters. The van der Waals surface area contributed by atoms with E-state index in [4.69, 9.17) is 16.9 Å². The number of benzene rings is 1. The van der Waals surface area contributed by atoms with Gasteiger partial charge in [-0.05, 0) is 25.2 Å². The second-order valence-electron chi connectivity index (χ2n) is 4.42. The Morgan fingerprint density at radius 2 is 2.19 bits per heavy atom. The first-order valence-corrected chi connectivity index (χ1v) is 6.59. The number of methoxy groups -OCH3 is 1. The van der Waals surface area contributed by atoms with Gasteiger partial charge in [0.05, 0.1) is 30.7 Å². The van der Waals surface area contributed by atoms with Gasteiger partial charge in [0.1, 0.15) is 6.07 Å². The molecule has 112 valence electrons. The summed E-state index contributed by atoms with van der Waals surface area (Å²) in [6, 6.07) is 6.61. The Kier molecular flexibility index (Phi) is 6.66. The fourth-order valence-corrected chi connectivity index (χ4v) is 1.82. The van der Waals surface area contributed by atoms with E-state index in [-0.39, 0.29) is 29.9 Å². The maximum Gasteiger partial charge on any atom is 0.306 e. The van der Waals surface area contributed by atoms with E-state index in [2.05, 4.69) is 10.1 Å². The van der Waals surface area contributed by atoms with E-state index < -0.39 is 0 Å². The summed E-state index contributed by atoms with van der Waals surface area (Å²) in [6.07, 6.45) is 0.225. The quantitative estimate of drug-likeness (QED) is 0.808. The first-order chi connectivity index (χ1) is 9.96. The smallest absolute Gasteiger partial charge is 0.306 e. The van der Waals surface area contributed by atoms with Crippen LogP contribution in [0.1, 0.15) is 12.0 Å². The van der Waals surface area contributed by atoms with Gasteiger partial charge in [-0.1, -0.05) is 11.6 Å². The van der Waals surface area contributed by atoms with E-state index >= 15 is 0 Å². The molecule has 0 unspecified atom stereocenters. The van der Waals surface area contributed by atoms with E-state index in [1.807, 2.05) is 6.07 Å². The normalized spacial score (nSPS) is 10.0. The molecule has 6 nitrogen and oxygen atoms in total. The Labute approximate surface area is 128 Å². The summed E-state index contributed by atoms with van der Waals surface area (Å²) in [6.45, 7) is 0.558. The Morgan fingerprint density at radius 3 is 2.76 bits per heavy atom. The third-order valence-corrected chi connectivity index (χ3v) is 3.02. The van der Waals surface area contributed by atoms with Crippen LogP contribution in [0, 0.1) is 11.3 Å². The molecular formula is C14H16ClN3O3. The molecule has 1 aromatic rings. The Hall–Kier alpha value is -2.10. The fourth-order valence-electron chi connectivity index (χ4n) is 1.59. The molecule has 1 aromatic carbocycles. The highest BCUT2D eigenvalue weighted by molar-refractivity contribution is 6.32. The van der Waals surface area contributed by atoms with Crippen LogP contribution in [-0.2, 0) is 14.3 Å². The molecule has 0 spiro atoms. The number of halogens is 1. The molecule has 0 fully saturated rings. The number of carbonyl (C=O) groups excluding carboxylic acids is 2. The molecule has 0 aliphatic carbocycles. The second kappa shape index (κ2) is 8.25. The number of hydrogen-bond acceptors (Lipinski definition) is 5. The number of carbonyl (C=O) groups is 2. The summed E-state index contributed by atoms with van der Waals surface area (Å²) in [4.78, 5) is 24.5. The number of esters is 1. The molecule has 0 radical (unpaired) electrons. The topological polar surface area (TPSA) is 82.4 Å². The van der Waals surface area contributed by atoms with Crippen LogP contribution in [0.3, 0.4) is 0 Å². The standard InChI is InChI=1S/C14H16ClN3O3/c1-18(6-5-14(20)21-2)9-13(19)17-11-4-3-10(8-16)12(15)7-11/h3-4,7H,5-6,9H2,1-2H3,(H,17,19). The zero-order valence-electron chi connectivity index (χ0n) is 11.9. The third kappa shape index (κ3) is 5.81. The van der Waals surface area contributed by atoms with Crippen LogP contribution in [0.5, 0.6) is 0 Å². The Morgan fingerprint density at radius 1 is 1.48 bits per heavy atom. The van der Waals surface area contributed by atoms with Crippen molar-refractivity contribution >= 4 is 29.2 Å². The fraction of sp³-hybridized carbons (Fsp3) is 0.357. The van der Waals surface area contributed by atoms with E-state index in [0.717, 1.165) is 0 Å². The number of anilines is 1. The number of nitrogens with one attached hydrogen (secondary N) is 1. The van der Waals surface area contributed by atoms with Crippen LogP contribution in [0.4, 0.5) is 5.69 Å². The van der Waals surface area contributed by atoms with Crippen molar-refractivity contribution in [2.45, 2.75) is 6.42 Å². The van der Waals surface area contributed by atoms with Gasteiger partial charge in [-0.3, -0.25) is 14.5 Å². The predicted molar refractivity (Wildman–Crippen MR) is 78.9 cm³/mol. The molecule has 7 heteroatoms. The number of nitrogens with zero attached hydrogens (tertiary/aromatic N) is 2. The summed E-state index contributed by atoms with van der Waals surface area (Å²) in [5, 5.41) is 11.7. The van der Waals surface area contributed by atoms with Crippen molar-refractivity contribution in [1.29, 1.82) is 5.26 Å². The van der Waals surface area contributed by atoms with Crippen molar-refractivity contribution in [3.05, 3.63) is 28.8 Å². The summed E-state index contributed by atoms with van der Waals surface area (Å²) >= 11 is 5.88. The van der Waals surface area contributed by atoms with Crippen molar-refractivity contribution in [3.8, 4) is 6.07 Å². The molecule has 0 heterocycles. The van der Waals surface area contributed by atoms with E-state index in [1.165, 1.54) is 13.2 Å². The highest BCUT2D eigenvalue weighted by Gasteiger charge is 2.10. The third-order valence-electron chi connectivity index (χ3n) is 2.71. The van der Waals surface area contributed by atoms with Crippen molar-refractivity contribution in [3.63, 3.8) is 0 Å². The van der Waals surface area contributed by atoms with Gasteiger partial charge in [-0.25, -0.2) is 0 Å². The van der Waals surface area contributed by atoms with Gasteiger partial charge < -0.3 is 10.1 Å². The van der Waals surface area contributed by atoms with Gasteiger partial charge in [0, 0.05) is 12.2 Å². The van der Waals surface area contributed by atoms with Gasteiger partial charge in [-0.2, -0.15) is 5.26 Å². The van der Waals surface area contributed by atoms with Gasteiger partial charge in [-0.15, -0.1) is 0 Å². The predicted octanol–water partition coefficient (Wildman–Crippen LogP) is 1.65. The average molecular weight is 310 g/mol. The molecular weight excluding hydrogens is 294 g/mol. The van der Waals surface area contributed by atoms with Gasteiger partial charge in [0.25, 0.3) is 0 Å². The Bertz CT molecular complexity index is 569. The van der Waals surface area contributed by atoms with Gasteiger partial charge in [0.15, 0.2) is 0 Å². The number of hydrogen-bond donors (Lipinski definition) is 1. The van der Waals surface area contributed by atoms with Crippen LogP contribution < -0.4 is 5.32 Å². The number of amides is 1. The molecule has 0 saturated heterocycles. The highest BCUT2D eigenvalue weighted by atomic mass is 35.5. The van der Waals surface area contributed by atoms with Gasteiger partial charge >= 0.3 is 5.97 Å². The van der Waals surface area contributed by atoms with Crippen molar-refractivity contribution in [2.24, 2.45) is 0 Å². The number of rotatable bonds is 6. The van der Waals surface area contributed by atoms with Crippen molar-refractivity contribution in [1.82, 2.24) is 4.90 Å². The molecule has 1 N–H and O–H groups in total. The minimum absolute atomic E-state index is 0.134. The van der Waals surface area contributed by atoms with Crippen LogP contribution in [0.2, 0.25) is 5.02 Å². The van der Waals surface area contributed by atoms with Crippen LogP contribution in [0.15, 0.2) is 18.2 Å². The summed E-state index contributed by atoms with van der Waals surface area (Å²) < 4.78 is 4.53. The largest absolute Gasteiger partial charge is 0.469 e. The van der Waals surface area contributed by atoms with Crippen LogP contribution >= 0.6 is 11.6 Å². The monoisotopic (exact) mass is 309 g/mol. The molecule has 1 rings (SSSR count). The number of nitriles is 1. The molecule has 21 heavy (non-hydrogen) atoms. The lowest BCUT2D eigenvalue weighted by atomic mass is 10.2. The van der Waals surface area contributed by atoms with Crippen LogP contribution in [-0.4, -0.2) is 44.0 Å². The zero-order chi connectivity index (χ0) is 15.8. The van der Waals surface area contributed by atoms with E-state index in [9.17, 15) is 9.59 Å². The molecule has 0 aromatic heterocycles. The van der Waals surface area contributed by atoms with E-state index in [1.54, 1.807) is 24.1 Å². The molecule has 0 aliphatic rings. The molecule has 1 amide bonds. The zero-order valence-corrected chi connectivity index (χ0v) is 12.6. The summed E-state index contributed by atoms with van der Waals surface area (Å²) in [5.74, 6) is -0.552. The molecule has 0 saturated carbocycles. The lowest BCUT2D eigenvalue weighted by molar-refractivity contribution is -0.141. The first-order valence-electron chi connectivity index (χ1n) is 6.21.